The minimum atomic E-state index is -2.61. The van der Waals surface area contributed by atoms with Crippen LogP contribution in [0.4, 0.5) is 5.69 Å². The first-order chi connectivity index (χ1) is 18.9. The SMILES string of the molecule is COc1ccc(C#Cc2cc(N(C)C)c3c(c2O)C(=O)C2=C(O)[C@]4(O)C(=O)C(C(N)=O)=C(O)C[C@@H]4C[C@@H]2C3)cc1. The number of benzene rings is 2. The lowest BCUT2D eigenvalue weighted by atomic mass is 9.60. The van der Waals surface area contributed by atoms with Crippen LogP contribution in [0.5, 0.6) is 11.5 Å². The number of allylic oxidation sites excluding steroid dienone is 2. The van der Waals surface area contributed by atoms with Gasteiger partial charge in [0.05, 0.1) is 18.2 Å². The van der Waals surface area contributed by atoms with Gasteiger partial charge in [0.2, 0.25) is 5.78 Å². The Hall–Kier alpha value is -4.75. The van der Waals surface area contributed by atoms with E-state index < -0.39 is 52.0 Å². The number of aliphatic hydroxyl groups excluding tert-OH is 2. The van der Waals surface area contributed by atoms with Gasteiger partial charge < -0.3 is 35.8 Å². The van der Waals surface area contributed by atoms with Crippen LogP contribution in [0.2, 0.25) is 0 Å². The number of Topliss-reactive ketones (excluding diaryl/α,β-unsaturated/α-hetero) is 2. The largest absolute Gasteiger partial charge is 0.511 e. The van der Waals surface area contributed by atoms with Crippen molar-refractivity contribution in [2.24, 2.45) is 17.6 Å². The molecule has 3 aliphatic carbocycles. The van der Waals surface area contributed by atoms with Crippen molar-refractivity contribution in [1.29, 1.82) is 0 Å². The van der Waals surface area contributed by atoms with E-state index in [2.05, 4.69) is 11.8 Å². The molecule has 0 saturated carbocycles. The summed E-state index contributed by atoms with van der Waals surface area (Å²) in [7, 11) is 5.12. The number of fused-ring (bicyclic) bond motifs is 3. The summed E-state index contributed by atoms with van der Waals surface area (Å²) in [5, 5.41) is 44.2. The zero-order chi connectivity index (χ0) is 29.1. The summed E-state index contributed by atoms with van der Waals surface area (Å²) < 4.78 is 5.16. The minimum absolute atomic E-state index is 0.0651. The summed E-state index contributed by atoms with van der Waals surface area (Å²) in [6, 6.07) is 8.67. The first kappa shape index (κ1) is 26.8. The number of phenolic OH excluding ortho intramolecular Hbond substituents is 1. The summed E-state index contributed by atoms with van der Waals surface area (Å²) in [5.41, 5.74) is 3.54. The van der Waals surface area contributed by atoms with Crippen molar-refractivity contribution in [3.05, 3.63) is 75.3 Å². The topological polar surface area (TPSA) is 171 Å². The van der Waals surface area contributed by atoms with Crippen molar-refractivity contribution in [1.82, 2.24) is 0 Å². The van der Waals surface area contributed by atoms with Crippen LogP contribution < -0.4 is 15.4 Å². The summed E-state index contributed by atoms with van der Waals surface area (Å²) in [4.78, 5) is 40.7. The molecule has 0 saturated heterocycles. The van der Waals surface area contributed by atoms with E-state index >= 15 is 0 Å². The molecule has 0 bridgehead atoms. The summed E-state index contributed by atoms with van der Waals surface area (Å²) >= 11 is 0. The number of phenols is 1. The molecule has 0 aromatic heterocycles. The molecule has 0 fully saturated rings. The van der Waals surface area contributed by atoms with E-state index in [0.29, 0.717) is 22.6 Å². The van der Waals surface area contributed by atoms with Gasteiger partial charge in [-0.05, 0) is 54.7 Å². The number of hydrogen-bond acceptors (Lipinski definition) is 9. The van der Waals surface area contributed by atoms with Crippen LogP contribution in [0, 0.1) is 23.7 Å². The number of rotatable bonds is 3. The number of ketones is 2. The van der Waals surface area contributed by atoms with Gasteiger partial charge in [-0.2, -0.15) is 0 Å². The first-order valence-electron chi connectivity index (χ1n) is 12.6. The number of carbonyl (C=O) groups is 3. The highest BCUT2D eigenvalue weighted by molar-refractivity contribution is 6.24. The van der Waals surface area contributed by atoms with Crippen LogP contribution in [0.1, 0.15) is 39.9 Å². The summed E-state index contributed by atoms with van der Waals surface area (Å²) in [6.45, 7) is 0. The number of primary amides is 1. The van der Waals surface area contributed by atoms with Crippen LogP contribution in [0.3, 0.4) is 0 Å². The highest BCUT2D eigenvalue weighted by Gasteiger charge is 2.59. The molecule has 10 heteroatoms. The van der Waals surface area contributed by atoms with E-state index in [4.69, 9.17) is 10.5 Å². The van der Waals surface area contributed by atoms with Gasteiger partial charge in [0.1, 0.15) is 28.6 Å². The van der Waals surface area contributed by atoms with E-state index in [1.165, 1.54) is 0 Å². The number of aromatic hydroxyl groups is 1. The van der Waals surface area contributed by atoms with Crippen LogP contribution in [0.15, 0.2) is 53.0 Å². The summed E-state index contributed by atoms with van der Waals surface area (Å²) in [5.74, 6) is -0.159. The molecular weight excluding hydrogens is 516 g/mol. The summed E-state index contributed by atoms with van der Waals surface area (Å²) in [6.07, 6.45) is -0.00169. The Balaban J connectivity index is 1.65. The lowest BCUT2D eigenvalue weighted by molar-refractivity contribution is -0.144. The first-order valence-corrected chi connectivity index (χ1v) is 12.6. The molecule has 1 amide bonds. The predicted octanol–water partition coefficient (Wildman–Crippen LogP) is 2.05. The fraction of sp³-hybridized carbons (Fsp3) is 0.300. The maximum atomic E-state index is 13.9. The second-order valence-electron chi connectivity index (χ2n) is 10.4. The van der Waals surface area contributed by atoms with Crippen LogP contribution >= 0.6 is 0 Å². The molecule has 6 N–H and O–H groups in total. The molecule has 0 aliphatic heterocycles. The number of hydrogen-bond donors (Lipinski definition) is 5. The Morgan fingerprint density at radius 2 is 1.77 bits per heavy atom. The molecule has 0 unspecified atom stereocenters. The number of amides is 1. The monoisotopic (exact) mass is 544 g/mol. The van der Waals surface area contributed by atoms with Crippen molar-refractivity contribution < 1.29 is 39.5 Å². The molecule has 10 nitrogen and oxygen atoms in total. The van der Waals surface area contributed by atoms with Crippen LogP contribution in [-0.2, 0) is 16.0 Å². The Labute approximate surface area is 230 Å². The fourth-order valence-electron chi connectivity index (χ4n) is 5.98. The third-order valence-corrected chi connectivity index (χ3v) is 7.95. The molecule has 2 aromatic carbocycles. The van der Waals surface area contributed by atoms with Crippen LogP contribution in [0.25, 0.3) is 0 Å². The Bertz CT molecular complexity index is 1610. The Kier molecular flexibility index (Phi) is 6.35. The van der Waals surface area contributed by atoms with Crippen molar-refractivity contribution in [2.75, 3.05) is 26.1 Å². The van der Waals surface area contributed by atoms with Crippen molar-refractivity contribution in [3.8, 4) is 23.3 Å². The molecule has 5 rings (SSSR count). The zero-order valence-corrected chi connectivity index (χ0v) is 22.1. The molecule has 0 spiro atoms. The van der Waals surface area contributed by atoms with Gasteiger partial charge in [-0.3, -0.25) is 14.4 Å². The number of nitrogens with zero attached hydrogens (tertiary/aromatic N) is 1. The molecule has 2 aromatic rings. The fourth-order valence-corrected chi connectivity index (χ4v) is 5.98. The predicted molar refractivity (Wildman–Crippen MR) is 144 cm³/mol. The standard InChI is InChI=1S/C30H28N2O8/c1-32(2)20-12-15(7-4-14-5-8-18(40-3)9-6-14)25(34)23-19(20)11-16-10-17-13-21(33)24(29(31)38)28(37)30(17,39)27(36)22(16)26(23)35/h5-6,8-9,12,16-17,33-34,36,39H,10-11,13H2,1-3H3,(H2,31,38)/t16-,17+,30+/m1/s1. The smallest absolute Gasteiger partial charge is 0.255 e. The number of carbonyl (C=O) groups excluding carboxylic acids is 3. The van der Waals surface area contributed by atoms with Gasteiger partial charge in [-0.25, -0.2) is 0 Å². The molecule has 206 valence electrons. The Morgan fingerprint density at radius 1 is 1.10 bits per heavy atom. The molecule has 0 radical (unpaired) electrons. The van der Waals surface area contributed by atoms with Crippen molar-refractivity contribution in [2.45, 2.75) is 24.9 Å². The van der Waals surface area contributed by atoms with Crippen LogP contribution in [-0.4, -0.2) is 64.7 Å². The van der Waals surface area contributed by atoms with Gasteiger partial charge in [0.25, 0.3) is 5.91 Å². The van der Waals surface area contributed by atoms with Gasteiger partial charge >= 0.3 is 0 Å². The molecular formula is C30H28N2O8. The van der Waals surface area contributed by atoms with Gasteiger partial charge in [0, 0.05) is 43.3 Å². The van der Waals surface area contributed by atoms with Gasteiger partial charge in [0.15, 0.2) is 11.4 Å². The van der Waals surface area contributed by atoms with E-state index in [-0.39, 0.29) is 41.7 Å². The number of aliphatic hydroxyl groups is 3. The molecule has 40 heavy (non-hydrogen) atoms. The maximum Gasteiger partial charge on any atom is 0.255 e. The lowest BCUT2D eigenvalue weighted by Gasteiger charge is -2.45. The second kappa shape index (κ2) is 9.47. The molecule has 3 atom stereocenters. The number of methoxy groups -OCH3 is 1. The third kappa shape index (κ3) is 3.89. The minimum Gasteiger partial charge on any atom is -0.511 e. The molecule has 0 heterocycles. The number of anilines is 1. The second-order valence-corrected chi connectivity index (χ2v) is 10.4. The average molecular weight is 545 g/mol. The van der Waals surface area contributed by atoms with E-state index in [0.717, 1.165) is 0 Å². The average Bonchev–Trinajstić information content (AvgIpc) is 2.90. The quantitative estimate of drug-likeness (QED) is 0.287. The highest BCUT2D eigenvalue weighted by Crippen LogP contribution is 2.52. The van der Waals surface area contributed by atoms with Gasteiger partial charge in [-0.1, -0.05) is 11.8 Å². The van der Waals surface area contributed by atoms with E-state index in [1.54, 1.807) is 56.4 Å². The van der Waals surface area contributed by atoms with Crippen molar-refractivity contribution in [3.63, 3.8) is 0 Å². The number of nitrogens with two attached hydrogens (primary N) is 1. The van der Waals surface area contributed by atoms with Gasteiger partial charge in [-0.15, -0.1) is 0 Å². The molecule has 3 aliphatic rings. The number of ether oxygens (including phenoxy) is 1. The lowest BCUT2D eigenvalue weighted by Crippen LogP contribution is -2.57. The van der Waals surface area contributed by atoms with E-state index in [1.807, 2.05) is 0 Å². The zero-order valence-electron chi connectivity index (χ0n) is 22.1. The van der Waals surface area contributed by atoms with E-state index in [9.17, 15) is 34.8 Å². The maximum absolute atomic E-state index is 13.9. The van der Waals surface area contributed by atoms with Crippen molar-refractivity contribution >= 4 is 23.2 Å². The third-order valence-electron chi connectivity index (χ3n) is 7.95. The highest BCUT2D eigenvalue weighted by atomic mass is 16.5. The normalized spacial score (nSPS) is 23.5. The Morgan fingerprint density at radius 3 is 2.38 bits per heavy atom.